The summed E-state index contributed by atoms with van der Waals surface area (Å²) in [6, 6.07) is 19.7. The monoisotopic (exact) mass is 535 g/mol. The van der Waals surface area contributed by atoms with Gasteiger partial charge in [0.2, 0.25) is 5.16 Å². The van der Waals surface area contributed by atoms with E-state index in [2.05, 4.69) is 20.8 Å². The Balaban J connectivity index is 0.00000342. The van der Waals surface area contributed by atoms with Gasteiger partial charge in [-0.05, 0) is 40.8 Å². The Labute approximate surface area is 218 Å². The highest BCUT2D eigenvalue weighted by atomic mass is 35.5. The van der Waals surface area contributed by atoms with Gasteiger partial charge < -0.3 is 14.8 Å². The molecule has 0 bridgehead atoms. The van der Waals surface area contributed by atoms with Crippen LogP contribution < -0.4 is 14.8 Å². The van der Waals surface area contributed by atoms with Gasteiger partial charge in [0.15, 0.2) is 11.5 Å². The number of nitrogens with zero attached hydrogens (tertiary/aromatic N) is 4. The van der Waals surface area contributed by atoms with Gasteiger partial charge in [0.25, 0.3) is 0 Å². The maximum Gasteiger partial charge on any atom is 0.214 e. The molecule has 0 aliphatic rings. The van der Waals surface area contributed by atoms with Crippen LogP contribution in [-0.4, -0.2) is 39.6 Å². The van der Waals surface area contributed by atoms with Crippen LogP contribution in [0.1, 0.15) is 11.1 Å². The van der Waals surface area contributed by atoms with Gasteiger partial charge in [0.05, 0.1) is 17.8 Å². The van der Waals surface area contributed by atoms with Crippen molar-refractivity contribution in [3.63, 3.8) is 0 Å². The molecule has 0 atom stereocenters. The molecule has 1 heterocycles. The van der Waals surface area contributed by atoms with Crippen LogP contribution in [0.5, 0.6) is 11.5 Å². The van der Waals surface area contributed by atoms with E-state index in [0.29, 0.717) is 28.6 Å². The molecular weight excluding hydrogens is 512 g/mol. The molecule has 0 saturated carbocycles. The first-order valence-electron chi connectivity index (χ1n) is 10.6. The molecule has 0 spiro atoms. The SMILES string of the molecule is COc1cccc(CNCCSc2nnnn2-c2ccccc2)c1OCc1ccc(F)cc1Cl.Cl. The molecule has 0 fully saturated rings. The molecule has 3 aromatic carbocycles. The van der Waals surface area contributed by atoms with E-state index in [0.717, 1.165) is 28.7 Å². The molecule has 0 aliphatic heterocycles. The minimum Gasteiger partial charge on any atom is -0.493 e. The molecule has 0 radical (unpaired) electrons. The van der Waals surface area contributed by atoms with Gasteiger partial charge in [-0.3, -0.25) is 0 Å². The average molecular weight is 536 g/mol. The van der Waals surface area contributed by atoms with E-state index in [1.54, 1.807) is 29.6 Å². The van der Waals surface area contributed by atoms with Crippen LogP contribution in [0.15, 0.2) is 71.9 Å². The smallest absolute Gasteiger partial charge is 0.214 e. The third kappa shape index (κ3) is 7.08. The Hall–Kier alpha value is -2.85. The first-order valence-corrected chi connectivity index (χ1v) is 11.9. The number of methoxy groups -OCH3 is 1. The maximum absolute atomic E-state index is 13.3. The Bertz CT molecular complexity index is 1230. The second-order valence-corrected chi connectivity index (χ2v) is 8.68. The van der Waals surface area contributed by atoms with E-state index in [4.69, 9.17) is 21.1 Å². The molecule has 0 saturated heterocycles. The summed E-state index contributed by atoms with van der Waals surface area (Å²) in [5, 5.41) is 16.5. The molecule has 0 aliphatic carbocycles. The van der Waals surface area contributed by atoms with Crippen molar-refractivity contribution in [2.45, 2.75) is 18.3 Å². The lowest BCUT2D eigenvalue weighted by atomic mass is 10.1. The van der Waals surface area contributed by atoms with Crippen LogP contribution in [0.3, 0.4) is 0 Å². The number of tetrazole rings is 1. The number of halogens is 3. The van der Waals surface area contributed by atoms with Crippen molar-refractivity contribution in [2.24, 2.45) is 0 Å². The number of rotatable bonds is 11. The maximum atomic E-state index is 13.3. The fourth-order valence-electron chi connectivity index (χ4n) is 3.25. The predicted octanol–water partition coefficient (Wildman–Crippen LogP) is 5.35. The van der Waals surface area contributed by atoms with E-state index in [1.807, 2.05) is 48.5 Å². The molecule has 35 heavy (non-hydrogen) atoms. The second kappa shape index (κ2) is 13.3. The number of ether oxygens (including phenoxy) is 2. The largest absolute Gasteiger partial charge is 0.493 e. The number of hydrogen-bond donors (Lipinski definition) is 1. The van der Waals surface area contributed by atoms with Gasteiger partial charge >= 0.3 is 0 Å². The highest BCUT2D eigenvalue weighted by molar-refractivity contribution is 7.99. The van der Waals surface area contributed by atoms with Crippen molar-refractivity contribution in [3.8, 4) is 17.2 Å². The molecule has 4 aromatic rings. The number of benzene rings is 3. The van der Waals surface area contributed by atoms with E-state index >= 15 is 0 Å². The molecule has 1 aromatic heterocycles. The van der Waals surface area contributed by atoms with Crippen LogP contribution in [-0.2, 0) is 13.2 Å². The second-order valence-electron chi connectivity index (χ2n) is 7.21. The summed E-state index contributed by atoms with van der Waals surface area (Å²) in [5.41, 5.74) is 2.56. The van der Waals surface area contributed by atoms with Crippen molar-refractivity contribution in [1.29, 1.82) is 0 Å². The summed E-state index contributed by atoms with van der Waals surface area (Å²) < 4.78 is 26.6. The van der Waals surface area contributed by atoms with E-state index in [-0.39, 0.29) is 24.8 Å². The topological polar surface area (TPSA) is 74.1 Å². The number of hydrogen-bond acceptors (Lipinski definition) is 7. The van der Waals surface area contributed by atoms with Gasteiger partial charge in [0, 0.05) is 30.0 Å². The van der Waals surface area contributed by atoms with Crippen LogP contribution in [0.4, 0.5) is 4.39 Å². The van der Waals surface area contributed by atoms with E-state index < -0.39 is 0 Å². The Morgan fingerprint density at radius 3 is 2.66 bits per heavy atom. The average Bonchev–Trinajstić information content (AvgIpc) is 3.33. The third-order valence-corrected chi connectivity index (χ3v) is 6.21. The van der Waals surface area contributed by atoms with Crippen molar-refractivity contribution < 1.29 is 13.9 Å². The molecule has 184 valence electrons. The first-order chi connectivity index (χ1) is 16.7. The lowest BCUT2D eigenvalue weighted by molar-refractivity contribution is 0.280. The fourth-order valence-corrected chi connectivity index (χ4v) is 4.26. The van der Waals surface area contributed by atoms with Crippen LogP contribution >= 0.6 is 35.8 Å². The van der Waals surface area contributed by atoms with Crippen LogP contribution in [0, 0.1) is 5.82 Å². The quantitative estimate of drug-likeness (QED) is 0.205. The van der Waals surface area contributed by atoms with Gasteiger partial charge in [0.1, 0.15) is 12.4 Å². The normalized spacial score (nSPS) is 10.6. The van der Waals surface area contributed by atoms with Gasteiger partial charge in [-0.1, -0.05) is 59.8 Å². The van der Waals surface area contributed by atoms with Crippen molar-refractivity contribution in [3.05, 3.63) is 88.7 Å². The minimum absolute atomic E-state index is 0. The van der Waals surface area contributed by atoms with Crippen molar-refractivity contribution in [1.82, 2.24) is 25.5 Å². The molecular formula is C24H24Cl2FN5O2S. The molecule has 4 rings (SSSR count). The molecule has 0 amide bonds. The van der Waals surface area contributed by atoms with Crippen LogP contribution in [0.25, 0.3) is 5.69 Å². The summed E-state index contributed by atoms with van der Waals surface area (Å²) in [5.74, 6) is 1.64. The summed E-state index contributed by atoms with van der Waals surface area (Å²) in [6.45, 7) is 1.51. The fraction of sp³-hybridized carbons (Fsp3) is 0.208. The first kappa shape index (κ1) is 26.7. The Morgan fingerprint density at radius 2 is 1.89 bits per heavy atom. The highest BCUT2D eigenvalue weighted by Gasteiger charge is 2.13. The van der Waals surface area contributed by atoms with E-state index in [9.17, 15) is 4.39 Å². The minimum atomic E-state index is -0.383. The Morgan fingerprint density at radius 1 is 1.06 bits per heavy atom. The summed E-state index contributed by atoms with van der Waals surface area (Å²) in [4.78, 5) is 0. The van der Waals surface area contributed by atoms with E-state index in [1.165, 1.54) is 12.1 Å². The zero-order chi connectivity index (χ0) is 23.8. The zero-order valence-corrected chi connectivity index (χ0v) is 21.2. The standard InChI is InChI=1S/C24H23ClFN5O2S.ClH/c1-32-22-9-5-6-17(23(22)33-16-18-10-11-19(26)14-21(18)25)15-27-12-13-34-24-28-29-30-31(24)20-7-3-2-4-8-20;/h2-11,14,27H,12-13,15-16H2,1H3;1H. The van der Waals surface area contributed by atoms with Crippen molar-refractivity contribution in [2.75, 3.05) is 19.4 Å². The summed E-state index contributed by atoms with van der Waals surface area (Å²) >= 11 is 7.71. The predicted molar refractivity (Wildman–Crippen MR) is 138 cm³/mol. The highest BCUT2D eigenvalue weighted by Crippen LogP contribution is 2.32. The van der Waals surface area contributed by atoms with Gasteiger partial charge in [-0.15, -0.1) is 17.5 Å². The molecule has 11 heteroatoms. The molecule has 0 unspecified atom stereocenters. The van der Waals surface area contributed by atoms with Crippen LogP contribution in [0.2, 0.25) is 5.02 Å². The number of aromatic nitrogens is 4. The lowest BCUT2D eigenvalue weighted by Gasteiger charge is -2.16. The third-order valence-electron chi connectivity index (χ3n) is 4.93. The number of para-hydroxylation sites is 2. The summed E-state index contributed by atoms with van der Waals surface area (Å²) in [7, 11) is 1.60. The van der Waals surface area contributed by atoms with Gasteiger partial charge in [-0.2, -0.15) is 4.68 Å². The molecule has 7 nitrogen and oxygen atoms in total. The van der Waals surface area contributed by atoms with Crippen molar-refractivity contribution >= 4 is 35.8 Å². The number of nitrogens with one attached hydrogen (secondary N) is 1. The number of thioether (sulfide) groups is 1. The zero-order valence-electron chi connectivity index (χ0n) is 18.9. The lowest BCUT2D eigenvalue weighted by Crippen LogP contribution is -2.17. The Kier molecular flexibility index (Phi) is 10.2. The van der Waals surface area contributed by atoms with Gasteiger partial charge in [-0.25, -0.2) is 4.39 Å². The molecule has 1 N–H and O–H groups in total. The summed E-state index contributed by atoms with van der Waals surface area (Å²) in [6.07, 6.45) is 0.